The fourth-order valence-corrected chi connectivity index (χ4v) is 4.67. The number of nitrogens with two attached hydrogens (primary N) is 1. The zero-order valence-corrected chi connectivity index (χ0v) is 20.7. The Balaban J connectivity index is 1.32. The fraction of sp³-hybridized carbons (Fsp3) is 0.333. The van der Waals surface area contributed by atoms with Crippen LogP contribution in [0.25, 0.3) is 11.2 Å². The van der Waals surface area contributed by atoms with Crippen LogP contribution in [0.15, 0.2) is 36.9 Å². The number of rotatable bonds is 9. The third-order valence-electron chi connectivity index (χ3n) is 5.20. The summed E-state index contributed by atoms with van der Waals surface area (Å²) in [7, 11) is -10.1. The Morgan fingerprint density at radius 2 is 1.95 bits per heavy atom. The van der Waals surface area contributed by atoms with E-state index >= 15 is 0 Å². The van der Waals surface area contributed by atoms with Crippen LogP contribution in [0.4, 0.5) is 10.6 Å². The number of phosphoric acid groups is 1. The van der Waals surface area contributed by atoms with Crippen LogP contribution in [0, 0.1) is 0 Å². The second-order valence-electron chi connectivity index (χ2n) is 7.72. The zero-order valence-electron chi connectivity index (χ0n) is 19.0. The second kappa shape index (κ2) is 10.8. The number of carbonyl (C=O) groups is 1. The normalized spacial score (nSPS) is 23.2. The number of phosphoric ester groups is 1. The molecule has 0 bridgehead atoms. The molecule has 206 valence electrons. The largest absolute Gasteiger partial charge is 0.533 e. The number of phenols is 1. The molecule has 38 heavy (non-hydrogen) atoms. The minimum absolute atomic E-state index is 0.0577. The van der Waals surface area contributed by atoms with Crippen molar-refractivity contribution in [1.29, 1.82) is 0 Å². The number of carbonyl (C=O) groups excluding carboxylic acids is 1. The van der Waals surface area contributed by atoms with Gasteiger partial charge in [0.15, 0.2) is 17.7 Å². The average Bonchev–Trinajstić information content (AvgIpc) is 3.38. The predicted octanol–water partition coefficient (Wildman–Crippen LogP) is -0.962. The van der Waals surface area contributed by atoms with Crippen molar-refractivity contribution in [3.63, 3.8) is 0 Å². The predicted molar refractivity (Wildman–Crippen MR) is 123 cm³/mol. The van der Waals surface area contributed by atoms with Gasteiger partial charge in [-0.15, -0.1) is 0 Å². The van der Waals surface area contributed by atoms with Crippen LogP contribution in [0.2, 0.25) is 0 Å². The molecule has 1 saturated heterocycles. The number of imidazole rings is 1. The highest BCUT2D eigenvalue weighted by atomic mass is 32.2. The molecule has 0 saturated carbocycles. The first-order chi connectivity index (χ1) is 17.9. The number of fused-ring (bicyclic) bond motifs is 1. The van der Waals surface area contributed by atoms with Crippen LogP contribution in [0.1, 0.15) is 11.8 Å². The first kappa shape index (κ1) is 27.6. The maximum absolute atomic E-state index is 12.1. The molecule has 0 aliphatic carbocycles. The number of aromatic hydroxyl groups is 1. The number of benzene rings is 1. The van der Waals surface area contributed by atoms with E-state index in [-0.39, 0.29) is 28.3 Å². The Labute approximate surface area is 213 Å². The number of aromatic nitrogens is 4. The van der Waals surface area contributed by atoms with Gasteiger partial charge in [-0.2, -0.15) is 13.1 Å². The molecule has 7 N–H and O–H groups in total. The molecule has 5 atom stereocenters. The van der Waals surface area contributed by atoms with Gasteiger partial charge in [0, 0.05) is 12.1 Å². The molecular formula is C18H21N6O12PS. The van der Waals surface area contributed by atoms with E-state index in [1.165, 1.54) is 35.2 Å². The number of nitrogens with one attached hydrogen (secondary N) is 1. The van der Waals surface area contributed by atoms with E-state index in [1.54, 1.807) is 0 Å². The third-order valence-corrected chi connectivity index (χ3v) is 6.91. The summed E-state index contributed by atoms with van der Waals surface area (Å²) in [6, 6.07) is 5.71. The van der Waals surface area contributed by atoms with Crippen LogP contribution in [-0.2, 0) is 39.4 Å². The molecule has 1 unspecified atom stereocenters. The van der Waals surface area contributed by atoms with Gasteiger partial charge in [0.25, 0.3) is 0 Å². The van der Waals surface area contributed by atoms with Gasteiger partial charge in [0.2, 0.25) is 0 Å². The summed E-state index contributed by atoms with van der Waals surface area (Å²) >= 11 is 0. The number of nitrogen functional groups attached to an aromatic ring is 1. The number of phenolic OH excluding ortho intramolecular Hbond substituents is 1. The number of aliphatic hydroxyl groups excluding tert-OH is 2. The van der Waals surface area contributed by atoms with Crippen LogP contribution in [-0.4, -0.2) is 79.2 Å². The van der Waals surface area contributed by atoms with Gasteiger partial charge < -0.3 is 30.3 Å². The van der Waals surface area contributed by atoms with E-state index < -0.39 is 62.0 Å². The molecule has 0 radical (unpaired) electrons. The van der Waals surface area contributed by atoms with Gasteiger partial charge >= 0.3 is 24.3 Å². The highest BCUT2D eigenvalue weighted by Gasteiger charge is 2.46. The van der Waals surface area contributed by atoms with Crippen molar-refractivity contribution >= 4 is 41.3 Å². The van der Waals surface area contributed by atoms with Crippen LogP contribution >= 0.6 is 7.82 Å². The molecule has 2 aromatic heterocycles. The van der Waals surface area contributed by atoms with Crippen LogP contribution in [0.5, 0.6) is 5.75 Å². The van der Waals surface area contributed by atoms with Crippen molar-refractivity contribution in [1.82, 2.24) is 24.2 Å². The number of hydrogen-bond acceptors (Lipinski definition) is 15. The number of aliphatic hydroxyl groups is 2. The number of ether oxygens (including phenoxy) is 1. The van der Waals surface area contributed by atoms with Crippen molar-refractivity contribution in [2.75, 3.05) is 12.3 Å². The average molecular weight is 576 g/mol. The van der Waals surface area contributed by atoms with Crippen LogP contribution < -0.4 is 10.5 Å². The first-order valence-electron chi connectivity index (χ1n) is 10.5. The van der Waals surface area contributed by atoms with E-state index in [2.05, 4.69) is 28.2 Å². The van der Waals surface area contributed by atoms with Gasteiger partial charge in [0.1, 0.15) is 35.9 Å². The maximum atomic E-state index is 12.1. The van der Waals surface area contributed by atoms with Gasteiger partial charge in [-0.05, 0) is 6.07 Å². The van der Waals surface area contributed by atoms with E-state index in [9.17, 15) is 38.0 Å². The number of para-hydroxylation sites is 1. The maximum Gasteiger partial charge on any atom is 0.533 e. The summed E-state index contributed by atoms with van der Waals surface area (Å²) in [6.45, 7) is -1.35. The molecule has 0 spiro atoms. The SMILES string of the molecule is Nc1ncnc2c1ncn2[C@@H]1O[C@H](COP(=O)(O)OC(=O)OS(=O)(=O)NCc2ccccc2O)[C@@H](O)[C@H]1O. The van der Waals surface area contributed by atoms with Crippen molar-refractivity contribution in [2.45, 2.75) is 31.1 Å². The molecule has 1 aromatic carbocycles. The Morgan fingerprint density at radius 1 is 1.21 bits per heavy atom. The zero-order chi connectivity index (χ0) is 27.7. The van der Waals surface area contributed by atoms with E-state index in [1.807, 2.05) is 4.72 Å². The van der Waals surface area contributed by atoms with Crippen LogP contribution in [0.3, 0.4) is 0 Å². The Hall–Kier alpha value is -3.42. The lowest BCUT2D eigenvalue weighted by molar-refractivity contribution is -0.0508. The Morgan fingerprint density at radius 3 is 2.68 bits per heavy atom. The lowest BCUT2D eigenvalue weighted by Gasteiger charge is -2.17. The molecule has 1 aliphatic heterocycles. The summed E-state index contributed by atoms with van der Waals surface area (Å²) in [6.07, 6.45) is -5.60. The monoisotopic (exact) mass is 576 g/mol. The molecule has 18 nitrogen and oxygen atoms in total. The van der Waals surface area contributed by atoms with E-state index in [0.717, 1.165) is 6.33 Å². The minimum atomic E-state index is -5.28. The molecule has 3 heterocycles. The number of nitrogens with zero attached hydrogens (tertiary/aromatic N) is 4. The quantitative estimate of drug-likeness (QED) is 0.167. The molecule has 3 aromatic rings. The van der Waals surface area contributed by atoms with Gasteiger partial charge in [-0.1, -0.05) is 18.2 Å². The van der Waals surface area contributed by atoms with E-state index in [4.69, 9.17) is 10.5 Å². The Bertz CT molecular complexity index is 1490. The standard InChI is InChI=1S/C18H21N6O12PS/c19-15-12-16(21-7-20-15)24(8-22-12)17-14(27)13(26)11(34-17)6-33-37(29,30)35-18(28)36-38(31,32)23-5-9-3-1-2-4-10(9)25/h1-4,7-8,11,13-14,17,23,25-27H,5-6H2,(H,29,30)(H2,19,20,21)/t11-,13-,14-,17-/m1/s1. The number of anilines is 1. The van der Waals surface area contributed by atoms with Crippen molar-refractivity contribution in [2.24, 2.45) is 0 Å². The summed E-state index contributed by atoms with van der Waals surface area (Å²) in [5.41, 5.74) is 6.25. The lowest BCUT2D eigenvalue weighted by Crippen LogP contribution is -2.33. The number of hydrogen-bond donors (Lipinski definition) is 6. The molecule has 1 fully saturated rings. The second-order valence-corrected chi connectivity index (χ2v) is 10.5. The van der Waals surface area contributed by atoms with Gasteiger partial charge in [-0.25, -0.2) is 24.3 Å². The van der Waals surface area contributed by atoms with Crippen molar-refractivity contribution in [3.8, 4) is 5.75 Å². The summed E-state index contributed by atoms with van der Waals surface area (Å²) in [4.78, 5) is 33.3. The van der Waals surface area contributed by atoms with Gasteiger partial charge in [0.05, 0.1) is 12.9 Å². The third kappa shape index (κ3) is 6.17. The topological polar surface area (TPSA) is 268 Å². The molecule has 0 amide bonds. The highest BCUT2D eigenvalue weighted by Crippen LogP contribution is 2.45. The van der Waals surface area contributed by atoms with Crippen molar-refractivity contribution in [3.05, 3.63) is 42.5 Å². The first-order valence-corrected chi connectivity index (χ1v) is 13.4. The summed E-state index contributed by atoms with van der Waals surface area (Å²) < 4.78 is 57.2. The van der Waals surface area contributed by atoms with E-state index in [0.29, 0.717) is 0 Å². The Kier molecular flexibility index (Phi) is 7.81. The molecule has 4 rings (SSSR count). The minimum Gasteiger partial charge on any atom is -0.508 e. The molecule has 1 aliphatic rings. The summed E-state index contributed by atoms with van der Waals surface area (Å²) in [5, 5.41) is 30.3. The van der Waals surface area contributed by atoms with Crippen molar-refractivity contribution < 1.29 is 56.0 Å². The fourth-order valence-electron chi connectivity index (χ4n) is 3.40. The molecule has 20 heteroatoms. The van der Waals surface area contributed by atoms with Gasteiger partial charge in [-0.3, -0.25) is 18.2 Å². The smallest absolute Gasteiger partial charge is 0.508 e. The summed E-state index contributed by atoms with van der Waals surface area (Å²) in [5.74, 6) is -0.171. The highest BCUT2D eigenvalue weighted by molar-refractivity contribution is 7.85. The molecular weight excluding hydrogens is 555 g/mol. The lowest BCUT2D eigenvalue weighted by atomic mass is 10.1.